The van der Waals surface area contributed by atoms with Crippen LogP contribution in [-0.2, 0) is 9.84 Å². The van der Waals surface area contributed by atoms with Gasteiger partial charge in [-0.05, 0) is 61.6 Å². The fourth-order valence-corrected chi connectivity index (χ4v) is 5.62. The van der Waals surface area contributed by atoms with Crippen molar-refractivity contribution in [3.63, 3.8) is 0 Å². The van der Waals surface area contributed by atoms with Crippen LogP contribution in [-0.4, -0.2) is 8.42 Å². The minimum atomic E-state index is -3.86. The van der Waals surface area contributed by atoms with Gasteiger partial charge < -0.3 is 4.42 Å². The Hall–Kier alpha value is -2.14. The van der Waals surface area contributed by atoms with Crippen molar-refractivity contribution in [3.8, 4) is 0 Å². The quantitative estimate of drug-likeness (QED) is 0.587. The van der Waals surface area contributed by atoms with Crippen LogP contribution in [0.3, 0.4) is 0 Å². The molecular formula is C21H21FO3S. The minimum absolute atomic E-state index is 0.0497. The van der Waals surface area contributed by atoms with Gasteiger partial charge in [0.05, 0.1) is 4.90 Å². The zero-order valence-electron chi connectivity index (χ0n) is 14.7. The van der Waals surface area contributed by atoms with Gasteiger partial charge in [-0.15, -0.1) is 0 Å². The average Bonchev–Trinajstić information content (AvgIpc) is 2.98. The Morgan fingerprint density at radius 2 is 1.81 bits per heavy atom. The molecular weight excluding hydrogens is 351 g/mol. The number of hydrogen-bond donors (Lipinski definition) is 0. The molecule has 0 spiro atoms. The van der Waals surface area contributed by atoms with Crippen LogP contribution >= 0.6 is 0 Å². The molecule has 0 N–H and O–H groups in total. The highest BCUT2D eigenvalue weighted by molar-refractivity contribution is 7.91. The molecule has 26 heavy (non-hydrogen) atoms. The van der Waals surface area contributed by atoms with E-state index in [1.165, 1.54) is 37.5 Å². The number of fused-ring (bicyclic) bond motifs is 1. The molecule has 0 amide bonds. The summed E-state index contributed by atoms with van der Waals surface area (Å²) in [4.78, 5) is 0.0992. The Kier molecular flexibility index (Phi) is 4.35. The van der Waals surface area contributed by atoms with Crippen LogP contribution in [0, 0.1) is 12.7 Å². The van der Waals surface area contributed by atoms with E-state index < -0.39 is 15.7 Å². The maximum atomic E-state index is 13.6. The molecule has 0 bridgehead atoms. The van der Waals surface area contributed by atoms with E-state index in [4.69, 9.17) is 4.42 Å². The van der Waals surface area contributed by atoms with Crippen molar-refractivity contribution < 1.29 is 17.2 Å². The molecule has 4 rings (SSSR count). The van der Waals surface area contributed by atoms with E-state index in [9.17, 15) is 12.8 Å². The third-order valence-corrected chi connectivity index (χ3v) is 7.20. The molecule has 0 aliphatic heterocycles. The molecule has 2 aromatic carbocycles. The Morgan fingerprint density at radius 3 is 2.54 bits per heavy atom. The standard InChI is InChI=1S/C21H21FO3S/c1-14-21(26(23,24)18-9-5-8-17(22)13-18)19-12-16(10-11-20(19)25-14)15-6-3-2-4-7-15/h5,8-13,15H,2-4,6-7H2,1H3. The van der Waals surface area contributed by atoms with Gasteiger partial charge in [-0.25, -0.2) is 12.8 Å². The summed E-state index contributed by atoms with van der Waals surface area (Å²) in [6.45, 7) is 1.65. The van der Waals surface area contributed by atoms with Crippen molar-refractivity contribution >= 4 is 20.8 Å². The van der Waals surface area contributed by atoms with Crippen molar-refractivity contribution in [2.24, 2.45) is 0 Å². The Bertz CT molecular complexity index is 1060. The summed E-state index contributed by atoms with van der Waals surface area (Å²) in [6, 6.07) is 11.0. The number of hydrogen-bond acceptors (Lipinski definition) is 3. The SMILES string of the molecule is Cc1oc2ccc(C3CCCCC3)cc2c1S(=O)(=O)c1cccc(F)c1. The van der Waals surface area contributed by atoms with Crippen LogP contribution < -0.4 is 0 Å². The van der Waals surface area contributed by atoms with Crippen LogP contribution in [0.2, 0.25) is 0 Å². The first-order chi connectivity index (χ1) is 12.5. The molecule has 1 aliphatic carbocycles. The van der Waals surface area contributed by atoms with Crippen LogP contribution in [0.15, 0.2) is 56.7 Å². The molecule has 136 valence electrons. The van der Waals surface area contributed by atoms with Crippen molar-refractivity contribution in [2.45, 2.75) is 54.7 Å². The predicted molar refractivity (Wildman–Crippen MR) is 98.6 cm³/mol. The minimum Gasteiger partial charge on any atom is -0.460 e. The summed E-state index contributed by atoms with van der Waals surface area (Å²) in [7, 11) is -3.86. The number of benzene rings is 2. The normalized spacial score (nSPS) is 16.2. The second-order valence-corrected chi connectivity index (χ2v) is 8.93. The summed E-state index contributed by atoms with van der Waals surface area (Å²) >= 11 is 0. The topological polar surface area (TPSA) is 47.3 Å². The fraction of sp³-hybridized carbons (Fsp3) is 0.333. The van der Waals surface area contributed by atoms with E-state index >= 15 is 0 Å². The van der Waals surface area contributed by atoms with Gasteiger partial charge in [0, 0.05) is 5.39 Å². The average molecular weight is 372 g/mol. The lowest BCUT2D eigenvalue weighted by atomic mass is 9.84. The summed E-state index contributed by atoms with van der Waals surface area (Å²) in [5.74, 6) is 0.234. The third-order valence-electron chi connectivity index (χ3n) is 5.28. The van der Waals surface area contributed by atoms with Crippen LogP contribution in [0.25, 0.3) is 11.0 Å². The van der Waals surface area contributed by atoms with E-state index in [1.807, 2.05) is 18.2 Å². The van der Waals surface area contributed by atoms with Gasteiger partial charge in [0.1, 0.15) is 22.1 Å². The highest BCUT2D eigenvalue weighted by atomic mass is 32.2. The van der Waals surface area contributed by atoms with Gasteiger partial charge in [0.2, 0.25) is 9.84 Å². The van der Waals surface area contributed by atoms with Crippen molar-refractivity contribution in [1.82, 2.24) is 0 Å². The smallest absolute Gasteiger partial charge is 0.210 e. The van der Waals surface area contributed by atoms with Gasteiger partial charge in [0.15, 0.2) is 0 Å². The monoisotopic (exact) mass is 372 g/mol. The Balaban J connectivity index is 1.87. The zero-order chi connectivity index (χ0) is 18.3. The molecule has 0 saturated heterocycles. The molecule has 3 aromatic rings. The number of rotatable bonds is 3. The third kappa shape index (κ3) is 2.94. The number of sulfone groups is 1. The largest absolute Gasteiger partial charge is 0.460 e. The Morgan fingerprint density at radius 1 is 1.04 bits per heavy atom. The maximum absolute atomic E-state index is 13.6. The van der Waals surface area contributed by atoms with Gasteiger partial charge in [-0.3, -0.25) is 0 Å². The van der Waals surface area contributed by atoms with Crippen LogP contribution in [0.5, 0.6) is 0 Å². The highest BCUT2D eigenvalue weighted by Crippen LogP contribution is 2.38. The van der Waals surface area contributed by atoms with Crippen LogP contribution in [0.4, 0.5) is 4.39 Å². The van der Waals surface area contributed by atoms with Crippen LogP contribution in [0.1, 0.15) is 49.3 Å². The summed E-state index contributed by atoms with van der Waals surface area (Å²) < 4.78 is 45.6. The number of aryl methyl sites for hydroxylation is 1. The van der Waals surface area contributed by atoms with Crippen molar-refractivity contribution in [2.75, 3.05) is 0 Å². The van der Waals surface area contributed by atoms with E-state index in [2.05, 4.69) is 0 Å². The summed E-state index contributed by atoms with van der Waals surface area (Å²) in [6.07, 6.45) is 5.95. The summed E-state index contributed by atoms with van der Waals surface area (Å²) in [5, 5.41) is 0.592. The fourth-order valence-electron chi connectivity index (χ4n) is 3.99. The Labute approximate surface area is 152 Å². The van der Waals surface area contributed by atoms with E-state index in [0.29, 0.717) is 22.6 Å². The maximum Gasteiger partial charge on any atom is 0.210 e. The molecule has 1 aliphatic rings. The second-order valence-electron chi connectivity index (χ2n) is 7.04. The van der Waals surface area contributed by atoms with Gasteiger partial charge in [0.25, 0.3) is 0 Å². The molecule has 3 nitrogen and oxygen atoms in total. The lowest BCUT2D eigenvalue weighted by molar-refractivity contribution is 0.444. The van der Waals surface area contributed by atoms with E-state index in [-0.39, 0.29) is 9.79 Å². The first kappa shape index (κ1) is 17.3. The van der Waals surface area contributed by atoms with E-state index in [0.717, 1.165) is 24.5 Å². The van der Waals surface area contributed by atoms with Crippen molar-refractivity contribution in [1.29, 1.82) is 0 Å². The van der Waals surface area contributed by atoms with Gasteiger partial charge >= 0.3 is 0 Å². The molecule has 0 atom stereocenters. The zero-order valence-corrected chi connectivity index (χ0v) is 15.5. The lowest BCUT2D eigenvalue weighted by Gasteiger charge is -2.21. The molecule has 1 aromatic heterocycles. The first-order valence-corrected chi connectivity index (χ1v) is 10.5. The first-order valence-electron chi connectivity index (χ1n) is 9.00. The lowest BCUT2D eigenvalue weighted by Crippen LogP contribution is -2.05. The predicted octanol–water partition coefficient (Wildman–Crippen LogP) is 5.76. The van der Waals surface area contributed by atoms with Crippen molar-refractivity contribution in [3.05, 3.63) is 59.6 Å². The molecule has 0 unspecified atom stereocenters. The molecule has 1 saturated carbocycles. The number of halogens is 1. The molecule has 1 heterocycles. The molecule has 0 radical (unpaired) electrons. The highest BCUT2D eigenvalue weighted by Gasteiger charge is 2.27. The van der Waals surface area contributed by atoms with Gasteiger partial charge in [-0.1, -0.05) is 31.4 Å². The van der Waals surface area contributed by atoms with E-state index in [1.54, 1.807) is 6.92 Å². The van der Waals surface area contributed by atoms with Gasteiger partial charge in [-0.2, -0.15) is 0 Å². The molecule has 5 heteroatoms. The number of furan rings is 1. The summed E-state index contributed by atoms with van der Waals surface area (Å²) in [5.41, 5.74) is 1.71. The second kappa shape index (κ2) is 6.54. The molecule has 1 fully saturated rings.